The van der Waals surface area contributed by atoms with E-state index in [0.717, 1.165) is 0 Å². The minimum atomic E-state index is -0.528. The Balaban J connectivity index is 2.06. The summed E-state index contributed by atoms with van der Waals surface area (Å²) in [7, 11) is 0. The minimum absolute atomic E-state index is 0.0000581. The third-order valence-electron chi connectivity index (χ3n) is 4.30. The average Bonchev–Trinajstić information content (AvgIpc) is 2.61. The molecule has 6 nitrogen and oxygen atoms in total. The lowest BCUT2D eigenvalue weighted by Crippen LogP contribution is -2.44. The maximum absolute atomic E-state index is 12.8. The molecule has 1 N–H and O–H groups in total. The van der Waals surface area contributed by atoms with E-state index in [-0.39, 0.29) is 28.8 Å². The number of hydrogen-bond acceptors (Lipinski definition) is 5. The molecular formula is C19H16N2O4S. The number of hydrogen-bond donors (Lipinski definition) is 1. The van der Waals surface area contributed by atoms with Crippen LogP contribution in [0.5, 0.6) is 0 Å². The predicted octanol–water partition coefficient (Wildman–Crippen LogP) is 4.27. The summed E-state index contributed by atoms with van der Waals surface area (Å²) in [5.74, 6) is -0.748. The van der Waals surface area contributed by atoms with Crippen LogP contribution in [0, 0.1) is 10.1 Å². The van der Waals surface area contributed by atoms with Crippen LogP contribution in [-0.2, 0) is 4.79 Å². The monoisotopic (exact) mass is 368 g/mol. The first-order valence-electron chi connectivity index (χ1n) is 7.96. The highest BCUT2D eigenvalue weighted by molar-refractivity contribution is 7.81. The molecule has 132 valence electrons. The number of aliphatic hydroxyl groups excluding tert-OH is 1. The first-order valence-corrected chi connectivity index (χ1v) is 8.37. The number of amides is 1. The topological polar surface area (TPSA) is 83.7 Å². The molecule has 1 amide bonds. The highest BCUT2D eigenvalue weighted by atomic mass is 32.1. The van der Waals surface area contributed by atoms with Crippen LogP contribution in [0.4, 0.5) is 11.4 Å². The Morgan fingerprint density at radius 1 is 1.23 bits per heavy atom. The van der Waals surface area contributed by atoms with Gasteiger partial charge in [0.15, 0.2) is 0 Å². The highest BCUT2D eigenvalue weighted by Crippen LogP contribution is 2.39. The smallest absolute Gasteiger partial charge is 0.269 e. The van der Waals surface area contributed by atoms with Gasteiger partial charge in [0.25, 0.3) is 5.69 Å². The number of rotatable bonds is 3. The molecule has 1 fully saturated rings. The number of nitro benzene ring substituents is 1. The fraction of sp³-hybridized carbons (Fsp3) is 0.158. The van der Waals surface area contributed by atoms with Gasteiger partial charge in [-0.25, -0.2) is 0 Å². The van der Waals surface area contributed by atoms with Crippen molar-refractivity contribution in [3.63, 3.8) is 0 Å². The number of aliphatic hydroxyl groups is 1. The van der Waals surface area contributed by atoms with E-state index in [2.05, 4.69) is 0 Å². The number of nitro groups is 1. The van der Waals surface area contributed by atoms with Crippen LogP contribution < -0.4 is 4.90 Å². The van der Waals surface area contributed by atoms with E-state index in [1.165, 1.54) is 24.0 Å². The molecule has 26 heavy (non-hydrogen) atoms. The van der Waals surface area contributed by atoms with Crippen LogP contribution in [0.15, 0.2) is 65.9 Å². The Morgan fingerprint density at radius 3 is 2.54 bits per heavy atom. The molecular weight excluding hydrogens is 352 g/mol. The number of thiocarbonyl (C=S) groups is 1. The van der Waals surface area contributed by atoms with E-state index in [4.69, 9.17) is 12.2 Å². The molecule has 0 aliphatic carbocycles. The molecule has 0 saturated carbocycles. The lowest BCUT2D eigenvalue weighted by atomic mass is 9.83. The Labute approximate surface area is 155 Å². The van der Waals surface area contributed by atoms with Gasteiger partial charge in [0.2, 0.25) is 5.91 Å². The second-order valence-electron chi connectivity index (χ2n) is 5.98. The predicted molar refractivity (Wildman–Crippen MR) is 102 cm³/mol. The fourth-order valence-corrected chi connectivity index (χ4v) is 3.63. The summed E-state index contributed by atoms with van der Waals surface area (Å²) in [4.78, 5) is 25.0. The molecule has 1 aliphatic heterocycles. The summed E-state index contributed by atoms with van der Waals surface area (Å²) in [5, 5.41) is 21.3. The number of para-hydroxylation sites is 1. The minimum Gasteiger partial charge on any atom is -0.512 e. The summed E-state index contributed by atoms with van der Waals surface area (Å²) in [6.07, 6.45) is 0.0590. The van der Waals surface area contributed by atoms with Gasteiger partial charge in [-0.15, -0.1) is 0 Å². The number of anilines is 1. The molecule has 3 rings (SSSR count). The molecule has 2 aromatic carbocycles. The van der Waals surface area contributed by atoms with Crippen molar-refractivity contribution in [1.29, 1.82) is 0 Å². The van der Waals surface area contributed by atoms with Crippen molar-refractivity contribution in [2.45, 2.75) is 19.3 Å². The number of benzene rings is 2. The van der Waals surface area contributed by atoms with Gasteiger partial charge in [0.1, 0.15) is 4.99 Å². The van der Waals surface area contributed by atoms with E-state index >= 15 is 0 Å². The molecule has 1 aliphatic rings. The van der Waals surface area contributed by atoms with Gasteiger partial charge >= 0.3 is 0 Å². The van der Waals surface area contributed by atoms with Crippen LogP contribution in [-0.4, -0.2) is 20.9 Å². The quantitative estimate of drug-likeness (QED) is 0.287. The van der Waals surface area contributed by atoms with Crippen LogP contribution in [0.3, 0.4) is 0 Å². The maximum Gasteiger partial charge on any atom is 0.269 e. The first kappa shape index (κ1) is 17.8. The summed E-state index contributed by atoms with van der Waals surface area (Å²) in [6.45, 7) is 1.50. The molecule has 0 spiro atoms. The van der Waals surface area contributed by atoms with Crippen LogP contribution in [0.2, 0.25) is 0 Å². The van der Waals surface area contributed by atoms with Crippen molar-refractivity contribution in [2.24, 2.45) is 0 Å². The molecule has 0 aromatic heterocycles. The third kappa shape index (κ3) is 3.21. The average molecular weight is 368 g/mol. The molecule has 1 unspecified atom stereocenters. The van der Waals surface area contributed by atoms with Gasteiger partial charge in [-0.05, 0) is 24.6 Å². The van der Waals surface area contributed by atoms with Crippen molar-refractivity contribution in [1.82, 2.24) is 0 Å². The van der Waals surface area contributed by atoms with E-state index in [1.807, 2.05) is 6.07 Å². The number of carbonyl (C=O) groups is 1. The van der Waals surface area contributed by atoms with Crippen LogP contribution in [0.1, 0.15) is 24.8 Å². The summed E-state index contributed by atoms with van der Waals surface area (Å²) < 4.78 is 0. The molecule has 1 atom stereocenters. The SMILES string of the molecule is C/C(O)=C1/C(=S)N(c2ccccc2)C(=O)CC1c1cccc([N+](=O)[O-])c1. The molecule has 0 bridgehead atoms. The summed E-state index contributed by atoms with van der Waals surface area (Å²) >= 11 is 5.50. The van der Waals surface area contributed by atoms with Crippen molar-refractivity contribution >= 4 is 34.5 Å². The Hall–Kier alpha value is -3.06. The Morgan fingerprint density at radius 2 is 1.92 bits per heavy atom. The van der Waals surface area contributed by atoms with Gasteiger partial charge in [-0.1, -0.05) is 42.5 Å². The van der Waals surface area contributed by atoms with E-state index in [0.29, 0.717) is 16.8 Å². The van der Waals surface area contributed by atoms with E-state index in [1.54, 1.807) is 36.4 Å². The molecule has 1 saturated heterocycles. The van der Waals surface area contributed by atoms with Crippen molar-refractivity contribution in [3.8, 4) is 0 Å². The number of piperidine rings is 1. The zero-order valence-corrected chi connectivity index (χ0v) is 14.8. The maximum atomic E-state index is 12.8. The number of allylic oxidation sites excluding steroid dienone is 1. The largest absolute Gasteiger partial charge is 0.512 e. The van der Waals surface area contributed by atoms with Crippen LogP contribution >= 0.6 is 12.2 Å². The van der Waals surface area contributed by atoms with Crippen molar-refractivity contribution in [3.05, 3.63) is 81.6 Å². The highest BCUT2D eigenvalue weighted by Gasteiger charge is 2.37. The van der Waals surface area contributed by atoms with E-state index in [9.17, 15) is 20.0 Å². The number of nitrogens with zero attached hydrogens (tertiary/aromatic N) is 2. The number of non-ortho nitro benzene ring substituents is 1. The van der Waals surface area contributed by atoms with Crippen molar-refractivity contribution < 1.29 is 14.8 Å². The van der Waals surface area contributed by atoms with Gasteiger partial charge in [0, 0.05) is 35.7 Å². The first-order chi connectivity index (χ1) is 12.4. The van der Waals surface area contributed by atoms with Gasteiger partial charge in [-0.3, -0.25) is 19.8 Å². The van der Waals surface area contributed by atoms with Gasteiger partial charge in [-0.2, -0.15) is 0 Å². The zero-order chi connectivity index (χ0) is 18.8. The molecule has 1 heterocycles. The molecule has 2 aromatic rings. The Bertz CT molecular complexity index is 920. The molecule has 7 heteroatoms. The second kappa shape index (κ2) is 7.05. The number of carbonyl (C=O) groups excluding carboxylic acids is 1. The fourth-order valence-electron chi connectivity index (χ4n) is 3.14. The standard InChI is InChI=1S/C19H16N2O4S/c1-12(22)18-16(13-6-5-9-15(10-13)21(24)25)11-17(23)20(19(18)26)14-7-3-2-4-8-14/h2-10,16,22H,11H2,1H3/b18-12-. The summed E-state index contributed by atoms with van der Waals surface area (Å²) in [5.41, 5.74) is 1.56. The summed E-state index contributed by atoms with van der Waals surface area (Å²) in [6, 6.07) is 15.0. The van der Waals surface area contributed by atoms with Crippen LogP contribution in [0.25, 0.3) is 0 Å². The van der Waals surface area contributed by atoms with Gasteiger partial charge < -0.3 is 5.11 Å². The normalized spacial score (nSPS) is 19.4. The Kier molecular flexibility index (Phi) is 4.81. The van der Waals surface area contributed by atoms with E-state index < -0.39 is 10.8 Å². The lowest BCUT2D eigenvalue weighted by molar-refractivity contribution is -0.384. The lowest BCUT2D eigenvalue weighted by Gasteiger charge is -2.35. The van der Waals surface area contributed by atoms with Crippen molar-refractivity contribution in [2.75, 3.05) is 4.90 Å². The zero-order valence-electron chi connectivity index (χ0n) is 14.0. The second-order valence-corrected chi connectivity index (χ2v) is 6.36. The molecule has 0 radical (unpaired) electrons. The third-order valence-corrected chi connectivity index (χ3v) is 4.70. The van der Waals surface area contributed by atoms with Gasteiger partial charge in [0.05, 0.1) is 10.7 Å².